The number of piperidine rings is 1. The fourth-order valence-corrected chi connectivity index (χ4v) is 4.53. The van der Waals surface area contributed by atoms with Gasteiger partial charge in [0.2, 0.25) is 5.91 Å². The lowest BCUT2D eigenvalue weighted by molar-refractivity contribution is -0.126. The van der Waals surface area contributed by atoms with Gasteiger partial charge in [0.1, 0.15) is 12.4 Å². The van der Waals surface area contributed by atoms with Gasteiger partial charge in [-0.15, -0.1) is 0 Å². The van der Waals surface area contributed by atoms with E-state index < -0.39 is 10.2 Å². The summed E-state index contributed by atoms with van der Waals surface area (Å²) < 4.78 is 32.8. The Labute approximate surface area is 166 Å². The van der Waals surface area contributed by atoms with E-state index in [-0.39, 0.29) is 18.4 Å². The van der Waals surface area contributed by atoms with Crippen LogP contribution in [0.4, 0.5) is 0 Å². The minimum Gasteiger partial charge on any atom is -0.492 e. The van der Waals surface area contributed by atoms with Crippen LogP contribution in [0, 0.1) is 5.92 Å². The quantitative estimate of drug-likeness (QED) is 0.713. The third-order valence-corrected chi connectivity index (χ3v) is 6.84. The molecule has 1 atom stereocenters. The van der Waals surface area contributed by atoms with E-state index in [9.17, 15) is 13.2 Å². The lowest BCUT2D eigenvalue weighted by Crippen LogP contribution is -2.49. The number of amides is 1. The average Bonchev–Trinajstić information content (AvgIpc) is 2.71. The Hall–Kier alpha value is -2.16. The number of hydrogen-bond donors (Lipinski definition) is 1. The summed E-state index contributed by atoms with van der Waals surface area (Å²) >= 11 is 0. The molecule has 7 nitrogen and oxygen atoms in total. The molecule has 8 heteroatoms. The van der Waals surface area contributed by atoms with E-state index in [2.05, 4.69) is 5.32 Å². The van der Waals surface area contributed by atoms with Crippen molar-refractivity contribution in [3.8, 4) is 5.75 Å². The first-order chi connectivity index (χ1) is 13.4. The lowest BCUT2D eigenvalue weighted by Gasteiger charge is -2.32. The number of rotatable bonds is 7. The molecule has 2 aromatic carbocycles. The molecule has 152 valence electrons. The van der Waals surface area contributed by atoms with Crippen molar-refractivity contribution in [2.45, 2.75) is 12.8 Å². The molecule has 1 aliphatic rings. The normalized spacial score (nSPS) is 18.3. The first-order valence-corrected chi connectivity index (χ1v) is 10.8. The number of nitrogens with zero attached hydrogens (tertiary/aromatic N) is 2. The summed E-state index contributed by atoms with van der Waals surface area (Å²) in [5.41, 5.74) is 0. The minimum absolute atomic E-state index is 0.124. The number of hydrogen-bond acceptors (Lipinski definition) is 4. The molecule has 0 saturated carbocycles. The molecule has 1 fully saturated rings. The number of carbonyl (C=O) groups excluding carboxylic acids is 1. The summed E-state index contributed by atoms with van der Waals surface area (Å²) in [5.74, 6) is 0.304. The van der Waals surface area contributed by atoms with Crippen LogP contribution in [-0.2, 0) is 15.0 Å². The molecule has 1 saturated heterocycles. The van der Waals surface area contributed by atoms with Crippen LogP contribution in [0.2, 0.25) is 0 Å². The SMILES string of the molecule is CN(C)S(=O)(=O)N1CCC[C@@H](C(=O)NCCOc2ccc3ccccc3c2)C1. The minimum atomic E-state index is -3.48. The van der Waals surface area contributed by atoms with Gasteiger partial charge in [0.25, 0.3) is 10.2 Å². The Morgan fingerprint density at radius 1 is 1.21 bits per heavy atom. The molecular formula is C20H27N3O4S. The Morgan fingerprint density at radius 2 is 1.96 bits per heavy atom. The van der Waals surface area contributed by atoms with Crippen LogP contribution in [0.3, 0.4) is 0 Å². The summed E-state index contributed by atoms with van der Waals surface area (Å²) in [7, 11) is -0.477. The average molecular weight is 406 g/mol. The third kappa shape index (κ3) is 4.81. The second-order valence-corrected chi connectivity index (χ2v) is 9.28. The van der Waals surface area contributed by atoms with Gasteiger partial charge >= 0.3 is 0 Å². The fraction of sp³-hybridized carbons (Fsp3) is 0.450. The zero-order valence-electron chi connectivity index (χ0n) is 16.3. The van der Waals surface area contributed by atoms with E-state index >= 15 is 0 Å². The molecule has 2 aromatic rings. The summed E-state index contributed by atoms with van der Waals surface area (Å²) in [5, 5.41) is 5.12. The molecule has 0 spiro atoms. The van der Waals surface area contributed by atoms with Crippen LogP contribution in [0.5, 0.6) is 5.75 Å². The van der Waals surface area contributed by atoms with E-state index in [1.54, 1.807) is 0 Å². The molecule has 1 heterocycles. The largest absolute Gasteiger partial charge is 0.492 e. The Balaban J connectivity index is 1.47. The fourth-order valence-electron chi connectivity index (χ4n) is 3.34. The van der Waals surface area contributed by atoms with Crippen LogP contribution in [-0.4, -0.2) is 63.3 Å². The second kappa shape index (κ2) is 8.89. The predicted molar refractivity (Wildman–Crippen MR) is 109 cm³/mol. The molecular weight excluding hydrogens is 378 g/mol. The van der Waals surface area contributed by atoms with Gasteiger partial charge in [-0.2, -0.15) is 17.0 Å². The molecule has 0 bridgehead atoms. The van der Waals surface area contributed by atoms with Gasteiger partial charge < -0.3 is 10.1 Å². The Bertz CT molecular complexity index is 930. The monoisotopic (exact) mass is 405 g/mol. The number of ether oxygens (including phenoxy) is 1. The second-order valence-electron chi connectivity index (χ2n) is 7.14. The lowest BCUT2D eigenvalue weighted by atomic mass is 9.99. The van der Waals surface area contributed by atoms with Gasteiger partial charge in [-0.25, -0.2) is 0 Å². The van der Waals surface area contributed by atoms with Crippen LogP contribution >= 0.6 is 0 Å². The summed E-state index contributed by atoms with van der Waals surface area (Å²) in [6.07, 6.45) is 1.37. The van der Waals surface area contributed by atoms with E-state index in [1.165, 1.54) is 22.7 Å². The molecule has 1 amide bonds. The highest BCUT2D eigenvalue weighted by atomic mass is 32.2. The first-order valence-electron chi connectivity index (χ1n) is 9.45. The van der Waals surface area contributed by atoms with E-state index in [4.69, 9.17) is 4.74 Å². The van der Waals surface area contributed by atoms with E-state index in [0.29, 0.717) is 32.5 Å². The summed E-state index contributed by atoms with van der Waals surface area (Å²) in [6.45, 7) is 1.41. The van der Waals surface area contributed by atoms with Crippen molar-refractivity contribution in [1.82, 2.24) is 13.9 Å². The highest BCUT2D eigenvalue weighted by molar-refractivity contribution is 7.86. The topological polar surface area (TPSA) is 79.0 Å². The van der Waals surface area contributed by atoms with Gasteiger partial charge in [-0.3, -0.25) is 4.79 Å². The van der Waals surface area contributed by atoms with Gasteiger partial charge in [0.15, 0.2) is 0 Å². The molecule has 1 aliphatic heterocycles. The Morgan fingerprint density at radius 3 is 2.71 bits per heavy atom. The number of nitrogens with one attached hydrogen (secondary N) is 1. The smallest absolute Gasteiger partial charge is 0.281 e. The molecule has 0 radical (unpaired) electrons. The summed E-state index contributed by atoms with van der Waals surface area (Å²) in [4.78, 5) is 12.4. The zero-order chi connectivity index (χ0) is 20.1. The van der Waals surface area contributed by atoms with Crippen molar-refractivity contribution >= 4 is 26.9 Å². The van der Waals surface area contributed by atoms with Crippen molar-refractivity contribution in [2.75, 3.05) is 40.3 Å². The molecule has 28 heavy (non-hydrogen) atoms. The van der Waals surface area contributed by atoms with E-state index in [0.717, 1.165) is 16.5 Å². The molecule has 1 N–H and O–H groups in total. The predicted octanol–water partition coefficient (Wildman–Crippen LogP) is 1.85. The molecule has 0 aliphatic carbocycles. The maximum Gasteiger partial charge on any atom is 0.281 e. The zero-order valence-corrected chi connectivity index (χ0v) is 17.1. The number of carbonyl (C=O) groups is 1. The van der Waals surface area contributed by atoms with Crippen molar-refractivity contribution in [2.24, 2.45) is 5.92 Å². The van der Waals surface area contributed by atoms with Gasteiger partial charge in [-0.05, 0) is 35.7 Å². The molecule has 3 rings (SSSR count). The van der Waals surface area contributed by atoms with Crippen molar-refractivity contribution in [3.05, 3.63) is 42.5 Å². The third-order valence-electron chi connectivity index (χ3n) is 4.93. The van der Waals surface area contributed by atoms with Crippen LogP contribution < -0.4 is 10.1 Å². The maximum atomic E-state index is 12.4. The van der Waals surface area contributed by atoms with Crippen molar-refractivity contribution < 1.29 is 17.9 Å². The van der Waals surface area contributed by atoms with Gasteiger partial charge in [-0.1, -0.05) is 30.3 Å². The maximum absolute atomic E-state index is 12.4. The standard InChI is InChI=1S/C20H27N3O4S/c1-22(2)28(25,26)23-12-5-8-18(15-23)20(24)21-11-13-27-19-10-9-16-6-3-4-7-17(16)14-19/h3-4,6-7,9-10,14,18H,5,8,11-13,15H2,1-2H3,(H,21,24)/t18-/m1/s1. The van der Waals surface area contributed by atoms with Crippen LogP contribution in [0.15, 0.2) is 42.5 Å². The highest BCUT2D eigenvalue weighted by Crippen LogP contribution is 2.21. The van der Waals surface area contributed by atoms with Gasteiger partial charge in [0, 0.05) is 27.2 Å². The first kappa shape index (κ1) is 20.6. The van der Waals surface area contributed by atoms with Crippen LogP contribution in [0.1, 0.15) is 12.8 Å². The Kier molecular flexibility index (Phi) is 6.53. The van der Waals surface area contributed by atoms with Crippen molar-refractivity contribution in [3.63, 3.8) is 0 Å². The van der Waals surface area contributed by atoms with Crippen molar-refractivity contribution in [1.29, 1.82) is 0 Å². The number of fused-ring (bicyclic) bond motifs is 1. The molecule has 0 unspecified atom stereocenters. The highest BCUT2D eigenvalue weighted by Gasteiger charge is 2.33. The van der Waals surface area contributed by atoms with Gasteiger partial charge in [0.05, 0.1) is 12.5 Å². The van der Waals surface area contributed by atoms with Crippen LogP contribution in [0.25, 0.3) is 10.8 Å². The molecule has 0 aromatic heterocycles. The van der Waals surface area contributed by atoms with E-state index in [1.807, 2.05) is 42.5 Å². The number of benzene rings is 2. The summed E-state index contributed by atoms with van der Waals surface area (Å²) in [6, 6.07) is 13.9.